The minimum absolute atomic E-state index is 0.671. The van der Waals surface area contributed by atoms with Crippen LogP contribution in [0.2, 0.25) is 5.02 Å². The molecule has 0 atom stereocenters. The van der Waals surface area contributed by atoms with Gasteiger partial charge in [0.15, 0.2) is 0 Å². The van der Waals surface area contributed by atoms with E-state index in [2.05, 4.69) is 34.9 Å². The van der Waals surface area contributed by atoms with Gasteiger partial charge in [0.2, 0.25) is 0 Å². The van der Waals surface area contributed by atoms with Crippen molar-refractivity contribution in [3.63, 3.8) is 0 Å². The summed E-state index contributed by atoms with van der Waals surface area (Å²) in [7, 11) is 1.68. The number of hydrogen-bond acceptors (Lipinski definition) is 3. The van der Waals surface area contributed by atoms with Gasteiger partial charge in [-0.25, -0.2) is 4.98 Å². The molecule has 0 aliphatic rings. The molecule has 0 saturated carbocycles. The van der Waals surface area contributed by atoms with E-state index in [0.29, 0.717) is 6.61 Å². The molecule has 4 nitrogen and oxygen atoms in total. The molecule has 0 unspecified atom stereocenters. The van der Waals surface area contributed by atoms with Crippen LogP contribution >= 0.6 is 11.6 Å². The lowest BCUT2D eigenvalue weighted by molar-refractivity contribution is 0.303. The van der Waals surface area contributed by atoms with E-state index in [4.69, 9.17) is 26.1 Å². The number of fused-ring (bicyclic) bond motifs is 1. The van der Waals surface area contributed by atoms with E-state index in [9.17, 15) is 0 Å². The monoisotopic (exact) mass is 446 g/mol. The third kappa shape index (κ3) is 5.32. The van der Waals surface area contributed by atoms with E-state index < -0.39 is 0 Å². The van der Waals surface area contributed by atoms with Crippen LogP contribution < -0.4 is 9.47 Å². The van der Waals surface area contributed by atoms with E-state index in [1.165, 1.54) is 0 Å². The molecule has 5 heteroatoms. The summed E-state index contributed by atoms with van der Waals surface area (Å²) in [5.41, 5.74) is 4.30. The van der Waals surface area contributed by atoms with Gasteiger partial charge in [0.05, 0.1) is 24.8 Å². The first-order valence-electron chi connectivity index (χ1n) is 10.8. The highest BCUT2D eigenvalue weighted by atomic mass is 35.5. The third-order valence-electron chi connectivity index (χ3n) is 5.40. The van der Waals surface area contributed by atoms with Crippen molar-refractivity contribution in [1.82, 2.24) is 9.55 Å². The molecule has 4 rings (SSSR count). The van der Waals surface area contributed by atoms with Crippen LogP contribution in [0.1, 0.15) is 29.8 Å². The van der Waals surface area contributed by atoms with Crippen LogP contribution in [0.5, 0.6) is 11.5 Å². The average molecular weight is 447 g/mol. The van der Waals surface area contributed by atoms with E-state index in [1.807, 2.05) is 55.5 Å². The topological polar surface area (TPSA) is 36.3 Å². The van der Waals surface area contributed by atoms with Crippen molar-refractivity contribution in [3.05, 3.63) is 88.7 Å². The molecule has 4 aromatic rings. The first-order valence-corrected chi connectivity index (χ1v) is 11.2. The van der Waals surface area contributed by atoms with Crippen molar-refractivity contribution in [3.8, 4) is 11.5 Å². The largest absolute Gasteiger partial charge is 0.497 e. The van der Waals surface area contributed by atoms with Gasteiger partial charge in [0.25, 0.3) is 0 Å². The van der Waals surface area contributed by atoms with Gasteiger partial charge in [-0.2, -0.15) is 0 Å². The molecule has 0 radical (unpaired) electrons. The maximum absolute atomic E-state index is 6.09. The van der Waals surface area contributed by atoms with Gasteiger partial charge in [-0.3, -0.25) is 0 Å². The molecule has 164 valence electrons. The number of nitrogens with zero attached hydrogens (tertiary/aromatic N) is 2. The quantitative estimate of drug-likeness (QED) is 0.259. The normalized spacial score (nSPS) is 11.3. The highest BCUT2D eigenvalue weighted by molar-refractivity contribution is 6.31. The fourth-order valence-electron chi connectivity index (χ4n) is 3.61. The van der Waals surface area contributed by atoms with Crippen LogP contribution in [0.4, 0.5) is 0 Å². The van der Waals surface area contributed by atoms with Crippen molar-refractivity contribution in [2.45, 2.75) is 26.3 Å². The Bertz CT molecular complexity index is 1210. The van der Waals surface area contributed by atoms with Crippen molar-refractivity contribution < 1.29 is 9.47 Å². The summed E-state index contributed by atoms with van der Waals surface area (Å²) >= 11 is 6.09. The van der Waals surface area contributed by atoms with Crippen molar-refractivity contribution in [1.29, 1.82) is 0 Å². The predicted molar refractivity (Wildman–Crippen MR) is 133 cm³/mol. The predicted octanol–water partition coefficient (Wildman–Crippen LogP) is 7.04. The molecular weight excluding hydrogens is 420 g/mol. The molecule has 1 heterocycles. The number of para-hydroxylation sites is 2. The van der Waals surface area contributed by atoms with Crippen LogP contribution in [0, 0.1) is 6.92 Å². The Balaban J connectivity index is 1.41. The van der Waals surface area contributed by atoms with E-state index in [1.54, 1.807) is 7.11 Å². The van der Waals surface area contributed by atoms with Gasteiger partial charge in [-0.1, -0.05) is 41.9 Å². The van der Waals surface area contributed by atoms with Crippen LogP contribution in [0.3, 0.4) is 0 Å². The van der Waals surface area contributed by atoms with E-state index in [0.717, 1.165) is 63.9 Å². The highest BCUT2D eigenvalue weighted by Gasteiger charge is 2.08. The third-order valence-corrected chi connectivity index (χ3v) is 5.82. The number of unbranched alkanes of at least 4 members (excludes halogenated alkanes) is 1. The molecule has 0 fully saturated rings. The van der Waals surface area contributed by atoms with E-state index in [-0.39, 0.29) is 0 Å². The number of hydrogen-bond donors (Lipinski definition) is 0. The number of rotatable bonds is 9. The summed E-state index contributed by atoms with van der Waals surface area (Å²) in [6.07, 6.45) is 6.12. The second-order valence-corrected chi connectivity index (χ2v) is 8.09. The molecule has 1 aromatic heterocycles. The van der Waals surface area contributed by atoms with Gasteiger partial charge in [-0.15, -0.1) is 0 Å². The summed E-state index contributed by atoms with van der Waals surface area (Å²) in [6, 6.07) is 22.1. The summed E-state index contributed by atoms with van der Waals surface area (Å²) in [6.45, 7) is 3.54. The fraction of sp³-hybridized carbons (Fsp3) is 0.222. The van der Waals surface area contributed by atoms with E-state index >= 15 is 0 Å². The minimum atomic E-state index is 0.671. The van der Waals surface area contributed by atoms with Crippen molar-refractivity contribution in [2.24, 2.45) is 0 Å². The Morgan fingerprint density at radius 1 is 0.938 bits per heavy atom. The summed E-state index contributed by atoms with van der Waals surface area (Å²) in [4.78, 5) is 4.83. The van der Waals surface area contributed by atoms with Gasteiger partial charge >= 0.3 is 0 Å². The van der Waals surface area contributed by atoms with Crippen LogP contribution in [-0.4, -0.2) is 23.3 Å². The fourth-order valence-corrected chi connectivity index (χ4v) is 3.73. The Kier molecular flexibility index (Phi) is 7.13. The molecule has 0 amide bonds. The smallest absolute Gasteiger partial charge is 0.133 e. The van der Waals surface area contributed by atoms with Crippen molar-refractivity contribution >= 4 is 34.8 Å². The lowest BCUT2D eigenvalue weighted by atomic mass is 10.2. The van der Waals surface area contributed by atoms with Gasteiger partial charge < -0.3 is 14.0 Å². The molecule has 32 heavy (non-hydrogen) atoms. The Labute approximate surface area is 194 Å². The lowest BCUT2D eigenvalue weighted by Gasteiger charge is -2.09. The summed E-state index contributed by atoms with van der Waals surface area (Å²) in [5, 5.41) is 0.763. The molecule has 0 aliphatic heterocycles. The molecule has 0 N–H and O–H groups in total. The number of aryl methyl sites for hydroxylation is 2. The molecule has 3 aromatic carbocycles. The standard InChI is InChI=1S/C27H27ClN2O2/c1-20-19-23(14-15-24(20)28)32-18-6-5-17-30-26-8-4-3-7-25(26)29-27(30)16-11-21-9-12-22(31-2)13-10-21/h3-4,7-16,19H,5-6,17-18H2,1-2H3/b16-11+. The zero-order chi connectivity index (χ0) is 22.3. The molecular formula is C27H27ClN2O2. The average Bonchev–Trinajstić information content (AvgIpc) is 3.17. The van der Waals surface area contributed by atoms with Crippen molar-refractivity contribution in [2.75, 3.05) is 13.7 Å². The minimum Gasteiger partial charge on any atom is -0.497 e. The first kappa shape index (κ1) is 22.0. The maximum atomic E-state index is 6.09. The molecule has 0 spiro atoms. The molecule has 0 aliphatic carbocycles. The zero-order valence-corrected chi connectivity index (χ0v) is 19.2. The second kappa shape index (κ2) is 10.4. The molecule has 0 bridgehead atoms. The maximum Gasteiger partial charge on any atom is 0.133 e. The number of methoxy groups -OCH3 is 1. The lowest BCUT2D eigenvalue weighted by Crippen LogP contribution is -2.04. The van der Waals surface area contributed by atoms with Gasteiger partial charge in [-0.05, 0) is 79.4 Å². The Hall–Kier alpha value is -3.24. The molecule has 0 saturated heterocycles. The number of aromatic nitrogens is 2. The van der Waals surface area contributed by atoms with Gasteiger partial charge in [0.1, 0.15) is 17.3 Å². The number of benzene rings is 3. The Morgan fingerprint density at radius 2 is 1.72 bits per heavy atom. The SMILES string of the molecule is COc1ccc(/C=C/c2nc3ccccc3n2CCCCOc2ccc(Cl)c(C)c2)cc1. The Morgan fingerprint density at radius 3 is 2.50 bits per heavy atom. The number of imidazole rings is 1. The zero-order valence-electron chi connectivity index (χ0n) is 18.4. The summed E-state index contributed by atoms with van der Waals surface area (Å²) in [5.74, 6) is 2.67. The first-order chi connectivity index (χ1) is 15.6. The second-order valence-electron chi connectivity index (χ2n) is 7.68. The summed E-state index contributed by atoms with van der Waals surface area (Å²) < 4.78 is 13.4. The highest BCUT2D eigenvalue weighted by Crippen LogP contribution is 2.22. The van der Waals surface area contributed by atoms with Crippen LogP contribution in [-0.2, 0) is 6.54 Å². The number of ether oxygens (including phenoxy) is 2. The van der Waals surface area contributed by atoms with Crippen LogP contribution in [0.15, 0.2) is 66.7 Å². The number of halogens is 1. The van der Waals surface area contributed by atoms with Gasteiger partial charge in [0, 0.05) is 11.6 Å². The van der Waals surface area contributed by atoms with Crippen LogP contribution in [0.25, 0.3) is 23.2 Å².